The van der Waals surface area contributed by atoms with Crippen LogP contribution in [0.2, 0.25) is 0 Å². The first-order valence-corrected chi connectivity index (χ1v) is 19.8. The number of rotatable bonds is 24. The van der Waals surface area contributed by atoms with Gasteiger partial charge in [0.2, 0.25) is 11.9 Å². The van der Waals surface area contributed by atoms with E-state index < -0.39 is 46.3 Å². The van der Waals surface area contributed by atoms with Gasteiger partial charge in [-0.05, 0) is 39.5 Å². The van der Waals surface area contributed by atoms with Crippen LogP contribution in [0.25, 0.3) is 0 Å². The molecule has 6 amide bonds. The number of alkyl carbamates (subject to hydrolysis) is 2. The van der Waals surface area contributed by atoms with Gasteiger partial charge in [0.25, 0.3) is 15.7 Å². The van der Waals surface area contributed by atoms with Crippen LogP contribution in [0, 0.1) is 6.92 Å². The molecular formula is C32H55N11O11S. The van der Waals surface area contributed by atoms with Gasteiger partial charge in [0, 0.05) is 69.7 Å². The number of hydrogen-bond acceptors (Lipinski definition) is 14. The number of aliphatic hydroxyl groups is 1. The Balaban J connectivity index is 1.49. The molecular weight excluding hydrogens is 746 g/mol. The molecule has 1 atom stereocenters. The molecule has 0 fully saturated rings. The van der Waals surface area contributed by atoms with Crippen LogP contribution in [0.5, 0.6) is 0 Å². The van der Waals surface area contributed by atoms with Gasteiger partial charge in [-0.1, -0.05) is 25.7 Å². The molecule has 0 aromatic carbocycles. The molecule has 310 valence electrons. The van der Waals surface area contributed by atoms with Gasteiger partial charge >= 0.3 is 24.2 Å². The van der Waals surface area contributed by atoms with Crippen LogP contribution in [0.3, 0.4) is 0 Å². The standard InChI is InChI=1S/C32H55N11O11S/c1-23-21-25(44)39-27(37-23)41-29(46)33-11-7-3-5-9-13-35-31(48)53-18-15-43(17-20-55(50,51)52)16-19-54-32(49)36-14-10-6-4-8-12-34-30(47)42-28-38-24(2)22-26(45)40-28/h21,26,45H,3-20,22H2,1-2H3,(H,35,48)(H,36,49)(H,50,51,52)(H2,34,40,42,47)(H3,33,37,39,41,44,46). The minimum atomic E-state index is -4.24. The zero-order valence-electron chi connectivity index (χ0n) is 31.4. The number of amides is 6. The van der Waals surface area contributed by atoms with Gasteiger partial charge in [-0.3, -0.25) is 29.9 Å². The summed E-state index contributed by atoms with van der Waals surface area (Å²) < 4.78 is 42.0. The lowest BCUT2D eigenvalue weighted by atomic mass is 10.2. The first-order chi connectivity index (χ1) is 26.2. The normalized spacial score (nSPS) is 13.9. The average molecular weight is 802 g/mol. The average Bonchev–Trinajstić information content (AvgIpc) is 3.08. The van der Waals surface area contributed by atoms with Crippen molar-refractivity contribution in [3.8, 4) is 0 Å². The SMILES string of the molecule is CC1=NC(NC(=O)NCCCCCCNC(=O)OCCN(CCOC(=O)NCCCCCCNC(=O)Nc2nc(C)cc(=O)[nH]2)CCS(=O)(=O)O)=NC(O)C1. The second-order valence-electron chi connectivity index (χ2n) is 12.6. The van der Waals surface area contributed by atoms with Crippen molar-refractivity contribution in [2.75, 3.05) is 70.1 Å². The smallest absolute Gasteiger partial charge is 0.407 e. The largest absolute Gasteiger partial charge is 0.448 e. The maximum atomic E-state index is 12.1. The highest BCUT2D eigenvalue weighted by molar-refractivity contribution is 7.85. The van der Waals surface area contributed by atoms with E-state index in [1.165, 1.54) is 6.07 Å². The van der Waals surface area contributed by atoms with Gasteiger partial charge in [0.1, 0.15) is 13.2 Å². The number of anilines is 1. The van der Waals surface area contributed by atoms with E-state index in [2.05, 4.69) is 51.9 Å². The Morgan fingerprint density at radius 2 is 1.33 bits per heavy atom. The molecule has 2 rings (SSSR count). The molecule has 9 N–H and O–H groups in total. The molecule has 22 nitrogen and oxygen atoms in total. The van der Waals surface area contributed by atoms with Crippen molar-refractivity contribution in [2.24, 2.45) is 9.98 Å². The Hall–Kier alpha value is -4.87. The Morgan fingerprint density at radius 1 is 0.818 bits per heavy atom. The molecule has 0 saturated heterocycles. The third-order valence-corrected chi connectivity index (χ3v) is 8.34. The number of unbranched alkanes of at least 4 members (excludes halogenated alkanes) is 6. The Labute approximate surface area is 319 Å². The highest BCUT2D eigenvalue weighted by Crippen LogP contribution is 2.04. The summed E-state index contributed by atoms with van der Waals surface area (Å²) in [5, 5.41) is 25.2. The number of aromatic nitrogens is 2. The predicted octanol–water partition coefficient (Wildman–Crippen LogP) is 0.801. The zero-order chi connectivity index (χ0) is 40.5. The minimum Gasteiger partial charge on any atom is -0.448 e. The second-order valence-corrected chi connectivity index (χ2v) is 14.1. The number of nitrogens with one attached hydrogen (secondary N) is 7. The van der Waals surface area contributed by atoms with Crippen LogP contribution in [0.4, 0.5) is 25.1 Å². The van der Waals surface area contributed by atoms with Crippen LogP contribution >= 0.6 is 0 Å². The molecule has 0 saturated carbocycles. The first-order valence-electron chi connectivity index (χ1n) is 18.1. The Bertz CT molecular complexity index is 1610. The number of carbonyl (C=O) groups excluding carboxylic acids is 4. The summed E-state index contributed by atoms with van der Waals surface area (Å²) in [4.78, 5) is 75.5. The molecule has 23 heteroatoms. The number of carbonyl (C=O) groups is 4. The fraction of sp³-hybridized carbons (Fsp3) is 0.688. The van der Waals surface area contributed by atoms with E-state index >= 15 is 0 Å². The van der Waals surface area contributed by atoms with Crippen LogP contribution in [-0.4, -0.2) is 140 Å². The highest BCUT2D eigenvalue weighted by Gasteiger charge is 2.15. The molecule has 1 aromatic rings. The van der Waals surface area contributed by atoms with E-state index in [0.29, 0.717) is 69.7 Å². The number of hydrogen-bond donors (Lipinski definition) is 9. The van der Waals surface area contributed by atoms with Crippen molar-refractivity contribution in [3.05, 3.63) is 22.1 Å². The van der Waals surface area contributed by atoms with Gasteiger partial charge in [0.05, 0.1) is 5.75 Å². The quantitative estimate of drug-likeness (QED) is 0.0517. The minimum absolute atomic E-state index is 0.0636. The van der Waals surface area contributed by atoms with E-state index in [1.807, 2.05) is 0 Å². The Kier molecular flexibility index (Phi) is 21.9. The fourth-order valence-electron chi connectivity index (χ4n) is 4.91. The summed E-state index contributed by atoms with van der Waals surface area (Å²) in [6.45, 7) is 5.00. The number of urea groups is 2. The summed E-state index contributed by atoms with van der Waals surface area (Å²) in [6.07, 6.45) is 4.06. The summed E-state index contributed by atoms with van der Waals surface area (Å²) >= 11 is 0. The maximum Gasteiger partial charge on any atom is 0.407 e. The summed E-state index contributed by atoms with van der Waals surface area (Å²) in [5.41, 5.74) is 0.786. The van der Waals surface area contributed by atoms with Crippen LogP contribution in [0.1, 0.15) is 70.4 Å². The van der Waals surface area contributed by atoms with Gasteiger partial charge in [-0.25, -0.2) is 34.1 Å². The predicted molar refractivity (Wildman–Crippen MR) is 203 cm³/mol. The maximum absolute atomic E-state index is 12.1. The third kappa shape index (κ3) is 24.2. The van der Waals surface area contributed by atoms with Crippen molar-refractivity contribution in [3.63, 3.8) is 0 Å². The third-order valence-electron chi connectivity index (χ3n) is 7.64. The van der Waals surface area contributed by atoms with Gasteiger partial charge in [-0.2, -0.15) is 8.42 Å². The molecule has 2 heterocycles. The molecule has 0 spiro atoms. The number of ether oxygens (including phenoxy) is 2. The first kappa shape index (κ1) is 46.3. The van der Waals surface area contributed by atoms with Gasteiger partial charge < -0.3 is 35.8 Å². The molecule has 1 unspecified atom stereocenters. The lowest BCUT2D eigenvalue weighted by Crippen LogP contribution is -2.41. The molecule has 1 aliphatic rings. The van der Waals surface area contributed by atoms with E-state index in [4.69, 9.17) is 14.0 Å². The van der Waals surface area contributed by atoms with Crippen molar-refractivity contribution >= 4 is 52.0 Å². The molecule has 55 heavy (non-hydrogen) atoms. The molecule has 0 bridgehead atoms. The number of aryl methyl sites for hydroxylation is 1. The van der Waals surface area contributed by atoms with Crippen molar-refractivity contribution in [1.82, 2.24) is 41.5 Å². The lowest BCUT2D eigenvalue weighted by Gasteiger charge is -2.21. The summed E-state index contributed by atoms with van der Waals surface area (Å²) in [5.74, 6) is -0.420. The zero-order valence-corrected chi connectivity index (χ0v) is 32.2. The molecule has 1 aliphatic heterocycles. The fourth-order valence-corrected chi connectivity index (χ4v) is 5.40. The van der Waals surface area contributed by atoms with Crippen LogP contribution < -0.4 is 37.5 Å². The number of aliphatic imine (C=N–C) groups is 2. The van der Waals surface area contributed by atoms with Gasteiger partial charge in [-0.15, -0.1) is 0 Å². The summed E-state index contributed by atoms with van der Waals surface area (Å²) in [7, 11) is -4.24. The summed E-state index contributed by atoms with van der Waals surface area (Å²) in [6, 6.07) is 0.362. The number of guanidine groups is 1. The highest BCUT2D eigenvalue weighted by atomic mass is 32.2. The molecule has 1 aromatic heterocycles. The topological polar surface area (TPSA) is 307 Å². The monoisotopic (exact) mass is 801 g/mol. The van der Waals surface area contributed by atoms with Crippen molar-refractivity contribution in [2.45, 2.75) is 77.9 Å². The lowest BCUT2D eigenvalue weighted by molar-refractivity contribution is 0.108. The van der Waals surface area contributed by atoms with Crippen molar-refractivity contribution < 1.29 is 46.7 Å². The number of nitrogens with zero attached hydrogens (tertiary/aromatic N) is 4. The molecule has 0 radical (unpaired) electrons. The number of aliphatic hydroxyl groups excluding tert-OH is 1. The molecule has 0 aliphatic carbocycles. The number of H-pyrrole nitrogens is 1. The van der Waals surface area contributed by atoms with Crippen LogP contribution in [-0.2, 0) is 19.6 Å². The van der Waals surface area contributed by atoms with E-state index in [-0.39, 0.29) is 50.3 Å². The van der Waals surface area contributed by atoms with Crippen molar-refractivity contribution in [1.29, 1.82) is 0 Å². The Morgan fingerprint density at radius 3 is 1.82 bits per heavy atom. The van der Waals surface area contributed by atoms with E-state index in [1.54, 1.807) is 18.7 Å². The van der Waals surface area contributed by atoms with Gasteiger partial charge in [0.15, 0.2) is 6.23 Å². The second kappa shape index (κ2) is 26.0. The van der Waals surface area contributed by atoms with Crippen LogP contribution in [0.15, 0.2) is 20.8 Å². The number of aromatic amines is 1. The van der Waals surface area contributed by atoms with E-state index in [9.17, 15) is 37.5 Å². The van der Waals surface area contributed by atoms with E-state index in [0.717, 1.165) is 25.7 Å².